The number of piperidine rings is 1. The third-order valence-electron chi connectivity index (χ3n) is 4.39. The van der Waals surface area contributed by atoms with Crippen LogP contribution in [-0.4, -0.2) is 22.6 Å². The number of aromatic nitrogens is 2. The number of anilines is 1. The Hall–Kier alpha value is -2.10. The SMILES string of the molecule is Cc1nc(N2CCCC[C@H]2C)c2oc3ccccc3c2n1. The van der Waals surface area contributed by atoms with E-state index in [1.54, 1.807) is 0 Å². The van der Waals surface area contributed by atoms with Crippen molar-refractivity contribution >= 4 is 27.9 Å². The van der Waals surface area contributed by atoms with E-state index in [9.17, 15) is 0 Å². The van der Waals surface area contributed by atoms with Gasteiger partial charge in [0.05, 0.1) is 0 Å². The molecule has 1 atom stereocenters. The number of nitrogens with zero attached hydrogens (tertiary/aromatic N) is 3. The highest BCUT2D eigenvalue weighted by Crippen LogP contribution is 2.35. The van der Waals surface area contributed by atoms with Gasteiger partial charge in [0.2, 0.25) is 0 Å². The summed E-state index contributed by atoms with van der Waals surface area (Å²) in [5.74, 6) is 1.77. The van der Waals surface area contributed by atoms with E-state index < -0.39 is 0 Å². The molecule has 0 saturated carbocycles. The highest BCUT2D eigenvalue weighted by atomic mass is 16.3. The van der Waals surface area contributed by atoms with Crippen molar-refractivity contribution in [3.8, 4) is 0 Å². The van der Waals surface area contributed by atoms with Gasteiger partial charge in [-0.2, -0.15) is 0 Å². The van der Waals surface area contributed by atoms with E-state index in [4.69, 9.17) is 9.40 Å². The molecule has 4 rings (SSSR count). The summed E-state index contributed by atoms with van der Waals surface area (Å²) in [5, 5.41) is 1.07. The van der Waals surface area contributed by atoms with E-state index in [1.807, 2.05) is 25.1 Å². The van der Waals surface area contributed by atoms with Crippen molar-refractivity contribution in [1.82, 2.24) is 9.97 Å². The van der Waals surface area contributed by atoms with Crippen LogP contribution in [0.3, 0.4) is 0 Å². The molecule has 0 radical (unpaired) electrons. The highest BCUT2D eigenvalue weighted by Gasteiger charge is 2.24. The summed E-state index contributed by atoms with van der Waals surface area (Å²) < 4.78 is 6.07. The van der Waals surface area contributed by atoms with Crippen molar-refractivity contribution in [1.29, 1.82) is 0 Å². The Bertz CT molecular complexity index is 808. The fourth-order valence-corrected chi connectivity index (χ4v) is 3.29. The van der Waals surface area contributed by atoms with Gasteiger partial charge in [-0.3, -0.25) is 0 Å². The Morgan fingerprint density at radius 2 is 2.05 bits per heavy atom. The van der Waals surface area contributed by atoms with Crippen LogP contribution in [0.4, 0.5) is 5.82 Å². The predicted octanol–water partition coefficient (Wildman–Crippen LogP) is 4.06. The van der Waals surface area contributed by atoms with E-state index >= 15 is 0 Å². The third-order valence-corrected chi connectivity index (χ3v) is 4.39. The molecule has 1 aliphatic rings. The quantitative estimate of drug-likeness (QED) is 0.674. The van der Waals surface area contributed by atoms with Gasteiger partial charge in [-0.15, -0.1) is 0 Å². The molecule has 108 valence electrons. The molecule has 1 fully saturated rings. The van der Waals surface area contributed by atoms with Crippen LogP contribution in [0.1, 0.15) is 32.0 Å². The summed E-state index contributed by atoms with van der Waals surface area (Å²) in [6.45, 7) is 5.27. The molecule has 1 aliphatic heterocycles. The molecule has 0 aliphatic carbocycles. The fraction of sp³-hybridized carbons (Fsp3) is 0.412. The Balaban J connectivity index is 1.99. The van der Waals surface area contributed by atoms with E-state index in [-0.39, 0.29) is 0 Å². The molecular weight excluding hydrogens is 262 g/mol. The van der Waals surface area contributed by atoms with Gasteiger partial charge in [0.15, 0.2) is 11.4 Å². The first kappa shape index (κ1) is 12.6. The maximum absolute atomic E-state index is 6.07. The molecule has 0 amide bonds. The second kappa shape index (κ2) is 4.72. The lowest BCUT2D eigenvalue weighted by molar-refractivity contribution is 0.479. The molecule has 1 aromatic carbocycles. The second-order valence-corrected chi connectivity index (χ2v) is 5.91. The summed E-state index contributed by atoms with van der Waals surface area (Å²) in [4.78, 5) is 11.7. The molecule has 3 aromatic rings. The number of aryl methyl sites for hydroxylation is 1. The minimum absolute atomic E-state index is 0.504. The largest absolute Gasteiger partial charge is 0.450 e. The monoisotopic (exact) mass is 281 g/mol. The summed E-state index contributed by atoms with van der Waals surface area (Å²) >= 11 is 0. The second-order valence-electron chi connectivity index (χ2n) is 5.91. The predicted molar refractivity (Wildman–Crippen MR) is 84.7 cm³/mol. The number of rotatable bonds is 1. The van der Waals surface area contributed by atoms with Gasteiger partial charge < -0.3 is 9.32 Å². The van der Waals surface area contributed by atoms with Crippen molar-refractivity contribution in [3.63, 3.8) is 0 Å². The standard InChI is InChI=1S/C17H19N3O/c1-11-7-5-6-10-20(11)17-16-15(18-12(2)19-17)13-8-3-4-9-14(13)21-16/h3-4,8-9,11H,5-7,10H2,1-2H3/t11-/m1/s1. The highest BCUT2D eigenvalue weighted by molar-refractivity contribution is 6.05. The van der Waals surface area contributed by atoms with Crippen molar-refractivity contribution < 1.29 is 4.42 Å². The normalized spacial score (nSPS) is 19.5. The topological polar surface area (TPSA) is 42.2 Å². The summed E-state index contributed by atoms with van der Waals surface area (Å²) in [5.41, 5.74) is 2.65. The number of benzene rings is 1. The van der Waals surface area contributed by atoms with Gasteiger partial charge >= 0.3 is 0 Å². The van der Waals surface area contributed by atoms with E-state index in [2.05, 4.69) is 22.9 Å². The molecule has 0 unspecified atom stereocenters. The first-order chi connectivity index (χ1) is 10.2. The van der Waals surface area contributed by atoms with Crippen molar-refractivity contribution in [2.75, 3.05) is 11.4 Å². The van der Waals surface area contributed by atoms with E-state index in [0.717, 1.165) is 40.3 Å². The minimum atomic E-state index is 0.504. The summed E-state index contributed by atoms with van der Waals surface area (Å²) in [7, 11) is 0. The van der Waals surface area contributed by atoms with Gasteiger partial charge in [-0.1, -0.05) is 12.1 Å². The maximum atomic E-state index is 6.07. The van der Waals surface area contributed by atoms with Gasteiger partial charge in [0.25, 0.3) is 0 Å². The van der Waals surface area contributed by atoms with Crippen LogP contribution >= 0.6 is 0 Å². The maximum Gasteiger partial charge on any atom is 0.196 e. The van der Waals surface area contributed by atoms with Crippen LogP contribution in [-0.2, 0) is 0 Å². The van der Waals surface area contributed by atoms with Crippen LogP contribution in [0.5, 0.6) is 0 Å². The molecule has 0 bridgehead atoms. The number of para-hydroxylation sites is 1. The molecule has 0 N–H and O–H groups in total. The Morgan fingerprint density at radius 1 is 1.19 bits per heavy atom. The first-order valence-corrected chi connectivity index (χ1v) is 7.66. The molecule has 4 nitrogen and oxygen atoms in total. The average molecular weight is 281 g/mol. The number of hydrogen-bond acceptors (Lipinski definition) is 4. The zero-order valence-electron chi connectivity index (χ0n) is 12.5. The average Bonchev–Trinajstić information content (AvgIpc) is 2.86. The fourth-order valence-electron chi connectivity index (χ4n) is 3.29. The lowest BCUT2D eigenvalue weighted by Crippen LogP contribution is -2.38. The van der Waals surface area contributed by atoms with Gasteiger partial charge in [-0.25, -0.2) is 9.97 Å². The van der Waals surface area contributed by atoms with E-state index in [1.165, 1.54) is 19.3 Å². The van der Waals surface area contributed by atoms with Crippen LogP contribution in [0.2, 0.25) is 0 Å². The Labute approximate surface area is 123 Å². The number of fused-ring (bicyclic) bond motifs is 3. The lowest BCUT2D eigenvalue weighted by Gasteiger charge is -2.34. The molecular formula is C17H19N3O. The molecule has 1 saturated heterocycles. The minimum Gasteiger partial charge on any atom is -0.450 e. The van der Waals surface area contributed by atoms with Gasteiger partial charge in [0.1, 0.15) is 16.9 Å². The molecule has 0 spiro atoms. The smallest absolute Gasteiger partial charge is 0.196 e. The van der Waals surface area contributed by atoms with Gasteiger partial charge in [0, 0.05) is 18.0 Å². The first-order valence-electron chi connectivity index (χ1n) is 7.66. The summed E-state index contributed by atoms with van der Waals surface area (Å²) in [6, 6.07) is 8.59. The van der Waals surface area contributed by atoms with Crippen LogP contribution in [0.15, 0.2) is 28.7 Å². The van der Waals surface area contributed by atoms with Crippen molar-refractivity contribution in [3.05, 3.63) is 30.1 Å². The van der Waals surface area contributed by atoms with Crippen LogP contribution in [0, 0.1) is 6.92 Å². The molecule has 3 heterocycles. The number of furan rings is 1. The molecule has 4 heteroatoms. The number of hydrogen-bond donors (Lipinski definition) is 0. The third kappa shape index (κ3) is 1.97. The van der Waals surface area contributed by atoms with Crippen LogP contribution < -0.4 is 4.90 Å². The lowest BCUT2D eigenvalue weighted by atomic mass is 10.0. The summed E-state index contributed by atoms with van der Waals surface area (Å²) in [6.07, 6.45) is 3.73. The van der Waals surface area contributed by atoms with E-state index in [0.29, 0.717) is 6.04 Å². The zero-order valence-corrected chi connectivity index (χ0v) is 12.5. The van der Waals surface area contributed by atoms with Gasteiger partial charge in [-0.05, 0) is 45.2 Å². The van der Waals surface area contributed by atoms with Crippen LogP contribution in [0.25, 0.3) is 22.1 Å². The van der Waals surface area contributed by atoms with Crippen molar-refractivity contribution in [2.24, 2.45) is 0 Å². The molecule has 21 heavy (non-hydrogen) atoms. The Morgan fingerprint density at radius 3 is 2.90 bits per heavy atom. The molecule has 2 aromatic heterocycles. The van der Waals surface area contributed by atoms with Crippen molar-refractivity contribution in [2.45, 2.75) is 39.2 Å². The zero-order chi connectivity index (χ0) is 14.4. The Kier molecular flexibility index (Phi) is 2.84.